The van der Waals surface area contributed by atoms with Crippen molar-refractivity contribution in [1.82, 2.24) is 15.1 Å². The van der Waals surface area contributed by atoms with E-state index in [1.807, 2.05) is 23.5 Å². The van der Waals surface area contributed by atoms with Crippen LogP contribution in [0.3, 0.4) is 0 Å². The first-order chi connectivity index (χ1) is 7.58. The number of nitrogens with one attached hydrogen (secondary N) is 1. The summed E-state index contributed by atoms with van der Waals surface area (Å²) in [6.45, 7) is 8.10. The predicted octanol–water partition coefficient (Wildman–Crippen LogP) is 1.62. The molecule has 0 spiro atoms. The highest BCUT2D eigenvalue weighted by Crippen LogP contribution is 2.19. The van der Waals surface area contributed by atoms with Crippen LogP contribution in [0.15, 0.2) is 4.99 Å². The Morgan fingerprint density at radius 3 is 2.75 bits per heavy atom. The van der Waals surface area contributed by atoms with Crippen LogP contribution in [-0.4, -0.2) is 26.7 Å². The molecule has 0 aromatic carbocycles. The number of aryl methyl sites for hydroxylation is 2. The highest BCUT2D eigenvalue weighted by Gasteiger charge is 2.16. The molecular formula is C11H18N4S. The highest BCUT2D eigenvalue weighted by molar-refractivity contribution is 8.14. The summed E-state index contributed by atoms with van der Waals surface area (Å²) in [4.78, 5) is 4.44. The minimum Gasteiger partial charge on any atom is -0.361 e. The van der Waals surface area contributed by atoms with Crippen LogP contribution >= 0.6 is 11.8 Å². The Bertz CT molecular complexity index is 422. The van der Waals surface area contributed by atoms with E-state index in [-0.39, 0.29) is 0 Å². The molecule has 1 atom stereocenters. The maximum Gasteiger partial charge on any atom is 0.157 e. The minimum atomic E-state index is 0.610. The predicted molar refractivity (Wildman–Crippen MR) is 68.9 cm³/mol. The number of aromatic nitrogens is 2. The summed E-state index contributed by atoms with van der Waals surface area (Å²) >= 11 is 1.81. The molecule has 1 N–H and O–H groups in total. The molecular weight excluding hydrogens is 220 g/mol. The molecule has 0 aliphatic carbocycles. The summed E-state index contributed by atoms with van der Waals surface area (Å²) in [7, 11) is 1.98. The van der Waals surface area contributed by atoms with E-state index in [1.54, 1.807) is 0 Å². The second-order valence-electron chi connectivity index (χ2n) is 4.20. The van der Waals surface area contributed by atoms with Crippen molar-refractivity contribution in [3.05, 3.63) is 17.0 Å². The van der Waals surface area contributed by atoms with Crippen molar-refractivity contribution in [3.8, 4) is 0 Å². The maximum absolute atomic E-state index is 4.44. The third kappa shape index (κ3) is 2.24. The van der Waals surface area contributed by atoms with E-state index in [9.17, 15) is 0 Å². The molecule has 0 fully saturated rings. The Hall–Kier alpha value is -0.970. The molecule has 88 valence electrons. The fraction of sp³-hybridized carbons (Fsp3) is 0.636. The second-order valence-corrected chi connectivity index (χ2v) is 5.63. The smallest absolute Gasteiger partial charge is 0.157 e. The fourth-order valence-corrected chi connectivity index (χ4v) is 2.65. The largest absolute Gasteiger partial charge is 0.361 e. The minimum absolute atomic E-state index is 0.610. The molecule has 2 rings (SSSR count). The van der Waals surface area contributed by atoms with Gasteiger partial charge in [0.2, 0.25) is 0 Å². The van der Waals surface area contributed by atoms with E-state index >= 15 is 0 Å². The van der Waals surface area contributed by atoms with Crippen LogP contribution in [0.4, 0.5) is 0 Å². The Labute approximate surface area is 101 Å². The number of rotatable bonds is 2. The van der Waals surface area contributed by atoms with E-state index in [0.717, 1.165) is 24.0 Å². The molecule has 0 radical (unpaired) electrons. The lowest BCUT2D eigenvalue weighted by Gasteiger charge is -2.06. The van der Waals surface area contributed by atoms with Gasteiger partial charge in [0.1, 0.15) is 0 Å². The Morgan fingerprint density at radius 2 is 2.25 bits per heavy atom. The van der Waals surface area contributed by atoms with Crippen molar-refractivity contribution in [2.75, 3.05) is 6.54 Å². The Morgan fingerprint density at radius 1 is 1.50 bits per heavy atom. The average Bonchev–Trinajstić information content (AvgIpc) is 2.72. The second kappa shape index (κ2) is 4.49. The third-order valence-corrected chi connectivity index (χ3v) is 3.93. The topological polar surface area (TPSA) is 42.2 Å². The van der Waals surface area contributed by atoms with Crippen molar-refractivity contribution < 1.29 is 0 Å². The lowest BCUT2D eigenvalue weighted by Crippen LogP contribution is -2.19. The lowest BCUT2D eigenvalue weighted by atomic mass is 10.2. The first kappa shape index (κ1) is 11.5. The van der Waals surface area contributed by atoms with Crippen LogP contribution in [0.1, 0.15) is 23.9 Å². The van der Waals surface area contributed by atoms with E-state index in [4.69, 9.17) is 0 Å². The zero-order chi connectivity index (χ0) is 11.7. The van der Waals surface area contributed by atoms with Crippen molar-refractivity contribution in [2.45, 2.75) is 32.6 Å². The van der Waals surface area contributed by atoms with E-state index < -0.39 is 0 Å². The zero-order valence-corrected chi connectivity index (χ0v) is 11.1. The summed E-state index contributed by atoms with van der Waals surface area (Å²) < 4.78 is 1.93. The van der Waals surface area contributed by atoms with E-state index in [1.165, 1.54) is 11.3 Å². The van der Waals surface area contributed by atoms with Gasteiger partial charge in [-0.05, 0) is 13.8 Å². The van der Waals surface area contributed by atoms with Crippen molar-refractivity contribution >= 4 is 16.9 Å². The van der Waals surface area contributed by atoms with Gasteiger partial charge in [-0.25, -0.2) is 0 Å². The number of nitrogens with zero attached hydrogens (tertiary/aromatic N) is 3. The van der Waals surface area contributed by atoms with Gasteiger partial charge in [-0.2, -0.15) is 5.10 Å². The number of amidine groups is 1. The third-order valence-electron chi connectivity index (χ3n) is 2.88. The summed E-state index contributed by atoms with van der Waals surface area (Å²) in [5.74, 6) is 0. The molecule has 0 saturated heterocycles. The molecule has 0 bridgehead atoms. The molecule has 1 aromatic heterocycles. The van der Waals surface area contributed by atoms with E-state index in [0.29, 0.717) is 5.25 Å². The van der Waals surface area contributed by atoms with Crippen LogP contribution < -0.4 is 5.32 Å². The molecule has 1 unspecified atom stereocenters. The Balaban J connectivity index is 2.00. The van der Waals surface area contributed by atoms with Gasteiger partial charge in [-0.15, -0.1) is 0 Å². The lowest BCUT2D eigenvalue weighted by molar-refractivity contribution is 0.729. The standard InChI is InChI=1S/C11H18N4S/c1-7-5-12-11(16-7)13-6-10-8(2)14-15(4)9(10)3/h7H,5-6H2,1-4H3,(H,12,13). The van der Waals surface area contributed by atoms with Gasteiger partial charge in [0.25, 0.3) is 0 Å². The fourth-order valence-electron chi connectivity index (χ4n) is 1.81. The van der Waals surface area contributed by atoms with Crippen LogP contribution in [-0.2, 0) is 13.6 Å². The molecule has 0 saturated carbocycles. The molecule has 1 aliphatic heterocycles. The van der Waals surface area contributed by atoms with Gasteiger partial charge >= 0.3 is 0 Å². The number of hydrogen-bond acceptors (Lipinski definition) is 4. The van der Waals surface area contributed by atoms with Crippen LogP contribution in [0.25, 0.3) is 0 Å². The van der Waals surface area contributed by atoms with Gasteiger partial charge in [0.15, 0.2) is 5.17 Å². The van der Waals surface area contributed by atoms with Crippen LogP contribution in [0.5, 0.6) is 0 Å². The Kier molecular flexibility index (Phi) is 3.23. The van der Waals surface area contributed by atoms with E-state index in [2.05, 4.69) is 36.2 Å². The average molecular weight is 238 g/mol. The summed E-state index contributed by atoms with van der Waals surface area (Å²) in [6.07, 6.45) is 0. The highest BCUT2D eigenvalue weighted by atomic mass is 32.2. The normalized spacial score (nSPS) is 20.0. The summed E-state index contributed by atoms with van der Waals surface area (Å²) in [6, 6.07) is 0. The molecule has 4 nitrogen and oxygen atoms in total. The van der Waals surface area contributed by atoms with Crippen molar-refractivity contribution in [1.29, 1.82) is 0 Å². The quantitative estimate of drug-likeness (QED) is 0.851. The number of aliphatic imine (C=N–C) groups is 1. The van der Waals surface area contributed by atoms with Crippen molar-refractivity contribution in [3.63, 3.8) is 0 Å². The molecule has 0 amide bonds. The van der Waals surface area contributed by atoms with Gasteiger partial charge in [-0.3, -0.25) is 9.67 Å². The molecule has 16 heavy (non-hydrogen) atoms. The number of hydrogen-bond donors (Lipinski definition) is 1. The first-order valence-electron chi connectivity index (χ1n) is 5.52. The van der Waals surface area contributed by atoms with Crippen LogP contribution in [0, 0.1) is 13.8 Å². The van der Waals surface area contributed by atoms with Gasteiger partial charge in [-0.1, -0.05) is 18.7 Å². The SMILES string of the molecule is Cc1nn(C)c(C)c1CNC1=NCC(C)S1. The monoisotopic (exact) mass is 238 g/mol. The summed E-state index contributed by atoms with van der Waals surface area (Å²) in [5, 5.41) is 9.46. The summed E-state index contributed by atoms with van der Waals surface area (Å²) in [5.41, 5.74) is 3.61. The van der Waals surface area contributed by atoms with Crippen LogP contribution in [0.2, 0.25) is 0 Å². The first-order valence-corrected chi connectivity index (χ1v) is 6.40. The van der Waals surface area contributed by atoms with Gasteiger partial charge in [0.05, 0.1) is 12.2 Å². The number of thioether (sulfide) groups is 1. The molecule has 1 aliphatic rings. The molecule has 5 heteroatoms. The molecule has 1 aromatic rings. The zero-order valence-electron chi connectivity index (χ0n) is 10.2. The van der Waals surface area contributed by atoms with Gasteiger partial charge in [0, 0.05) is 30.1 Å². The van der Waals surface area contributed by atoms with Gasteiger partial charge < -0.3 is 5.32 Å². The molecule has 2 heterocycles. The maximum atomic E-state index is 4.44. The van der Waals surface area contributed by atoms with Crippen molar-refractivity contribution in [2.24, 2.45) is 12.0 Å².